The number of carbonyl (C=O) groups is 1. The van der Waals surface area contributed by atoms with Crippen LogP contribution in [0.5, 0.6) is 11.5 Å². The molecule has 3 rings (SSSR count). The molecular weight excluding hydrogens is 339 g/mol. The van der Waals surface area contributed by atoms with Gasteiger partial charge in [-0.25, -0.2) is 4.98 Å². The molecule has 1 aromatic carbocycles. The monoisotopic (exact) mass is 352 g/mol. The molecule has 1 amide bonds. The number of ether oxygens (including phenoxy) is 2. The van der Waals surface area contributed by atoms with Gasteiger partial charge in [0.1, 0.15) is 10.8 Å². The molecule has 0 N–H and O–H groups in total. The van der Waals surface area contributed by atoms with Gasteiger partial charge >= 0.3 is 0 Å². The van der Waals surface area contributed by atoms with Gasteiger partial charge in [-0.05, 0) is 36.8 Å². The smallest absolute Gasteiger partial charge is 0.274 e. The summed E-state index contributed by atoms with van der Waals surface area (Å²) < 4.78 is 10.6. The molecule has 0 fully saturated rings. The van der Waals surface area contributed by atoms with Crippen molar-refractivity contribution in [2.45, 2.75) is 13.5 Å². The third-order valence-electron chi connectivity index (χ3n) is 3.49. The molecule has 2 aromatic rings. The minimum atomic E-state index is -0.266. The van der Waals surface area contributed by atoms with Gasteiger partial charge in [0.25, 0.3) is 5.91 Å². The van der Waals surface area contributed by atoms with E-state index in [1.54, 1.807) is 17.0 Å². The standard InChI is InChI=1S/C16H14Cl2N2O3/c1-2-20(16(21)15-11(17)4-6-14(18)19-15)8-10-3-5-12-13(7-10)23-9-22-12/h3-7H,2,8-9H2,1H3. The van der Waals surface area contributed by atoms with Crippen molar-refractivity contribution in [3.05, 3.63) is 51.8 Å². The lowest BCUT2D eigenvalue weighted by Gasteiger charge is -2.21. The highest BCUT2D eigenvalue weighted by Crippen LogP contribution is 2.33. The fraction of sp³-hybridized carbons (Fsp3) is 0.250. The summed E-state index contributed by atoms with van der Waals surface area (Å²) in [6, 6.07) is 8.72. The third-order valence-corrected chi connectivity index (χ3v) is 4.01. The second-order valence-electron chi connectivity index (χ2n) is 4.97. The van der Waals surface area contributed by atoms with Crippen molar-refractivity contribution in [1.82, 2.24) is 9.88 Å². The lowest BCUT2D eigenvalue weighted by Crippen LogP contribution is -2.31. The molecule has 1 aromatic heterocycles. The molecule has 0 saturated carbocycles. The molecule has 5 nitrogen and oxygen atoms in total. The predicted molar refractivity (Wildman–Crippen MR) is 87.2 cm³/mol. The van der Waals surface area contributed by atoms with Crippen LogP contribution in [0.25, 0.3) is 0 Å². The summed E-state index contributed by atoms with van der Waals surface area (Å²) in [6.07, 6.45) is 0. The highest BCUT2D eigenvalue weighted by molar-refractivity contribution is 6.34. The van der Waals surface area contributed by atoms with Crippen LogP contribution in [0.3, 0.4) is 0 Å². The Kier molecular flexibility index (Phi) is 4.59. The van der Waals surface area contributed by atoms with Gasteiger partial charge in [0.15, 0.2) is 11.5 Å². The normalized spacial score (nSPS) is 12.3. The Morgan fingerprint density at radius 3 is 2.78 bits per heavy atom. The summed E-state index contributed by atoms with van der Waals surface area (Å²) in [5.74, 6) is 1.13. The number of nitrogens with zero attached hydrogens (tertiary/aromatic N) is 2. The molecule has 0 unspecified atom stereocenters. The second kappa shape index (κ2) is 6.64. The van der Waals surface area contributed by atoms with Crippen molar-refractivity contribution in [2.75, 3.05) is 13.3 Å². The van der Waals surface area contributed by atoms with E-state index in [0.29, 0.717) is 24.6 Å². The van der Waals surface area contributed by atoms with Crippen LogP contribution in [-0.2, 0) is 6.54 Å². The van der Waals surface area contributed by atoms with Crippen molar-refractivity contribution in [2.24, 2.45) is 0 Å². The van der Waals surface area contributed by atoms with Crippen LogP contribution in [0.4, 0.5) is 0 Å². The van der Waals surface area contributed by atoms with Crippen LogP contribution in [0.1, 0.15) is 23.0 Å². The van der Waals surface area contributed by atoms with Gasteiger partial charge in [-0.2, -0.15) is 0 Å². The maximum absolute atomic E-state index is 12.7. The van der Waals surface area contributed by atoms with Crippen molar-refractivity contribution in [1.29, 1.82) is 0 Å². The minimum absolute atomic E-state index is 0.154. The number of carbonyl (C=O) groups excluding carboxylic acids is 1. The summed E-state index contributed by atoms with van der Waals surface area (Å²) in [6.45, 7) is 3.04. The van der Waals surface area contributed by atoms with E-state index in [-0.39, 0.29) is 28.6 Å². The van der Waals surface area contributed by atoms with Crippen LogP contribution in [-0.4, -0.2) is 29.1 Å². The van der Waals surface area contributed by atoms with E-state index in [2.05, 4.69) is 4.98 Å². The quantitative estimate of drug-likeness (QED) is 0.785. The number of aromatic nitrogens is 1. The number of rotatable bonds is 4. The van der Waals surface area contributed by atoms with E-state index >= 15 is 0 Å². The van der Waals surface area contributed by atoms with E-state index in [1.165, 1.54) is 0 Å². The van der Waals surface area contributed by atoms with Gasteiger partial charge in [-0.1, -0.05) is 29.3 Å². The Morgan fingerprint density at radius 1 is 1.22 bits per heavy atom. The van der Waals surface area contributed by atoms with Crippen molar-refractivity contribution in [3.63, 3.8) is 0 Å². The molecule has 0 atom stereocenters. The van der Waals surface area contributed by atoms with Gasteiger partial charge in [-0.15, -0.1) is 0 Å². The third kappa shape index (κ3) is 3.35. The van der Waals surface area contributed by atoms with Gasteiger partial charge in [0.05, 0.1) is 5.02 Å². The maximum atomic E-state index is 12.7. The Morgan fingerprint density at radius 2 is 2.00 bits per heavy atom. The Balaban J connectivity index is 1.82. The van der Waals surface area contributed by atoms with E-state index in [1.807, 2.05) is 25.1 Å². The Labute approximate surface area is 143 Å². The van der Waals surface area contributed by atoms with Gasteiger partial charge in [-0.3, -0.25) is 4.79 Å². The van der Waals surface area contributed by atoms with Crippen molar-refractivity contribution in [3.8, 4) is 11.5 Å². The summed E-state index contributed by atoms with van der Waals surface area (Å²) in [5, 5.41) is 0.514. The highest BCUT2D eigenvalue weighted by atomic mass is 35.5. The largest absolute Gasteiger partial charge is 0.454 e. The van der Waals surface area contributed by atoms with Crippen LogP contribution >= 0.6 is 23.2 Å². The first-order chi connectivity index (χ1) is 11.1. The molecule has 1 aliphatic rings. The topological polar surface area (TPSA) is 51.7 Å². The first-order valence-electron chi connectivity index (χ1n) is 7.08. The highest BCUT2D eigenvalue weighted by Gasteiger charge is 2.21. The second-order valence-corrected chi connectivity index (χ2v) is 5.77. The average Bonchev–Trinajstić information content (AvgIpc) is 3.02. The number of fused-ring (bicyclic) bond motifs is 1. The van der Waals surface area contributed by atoms with Crippen LogP contribution in [0, 0.1) is 0 Å². The first-order valence-corrected chi connectivity index (χ1v) is 7.84. The molecule has 7 heteroatoms. The maximum Gasteiger partial charge on any atom is 0.274 e. The van der Waals surface area contributed by atoms with Crippen LogP contribution in [0.2, 0.25) is 10.2 Å². The van der Waals surface area contributed by atoms with E-state index < -0.39 is 0 Å². The molecule has 0 saturated heterocycles. The van der Waals surface area contributed by atoms with Gasteiger partial charge < -0.3 is 14.4 Å². The Hall–Kier alpha value is -1.98. The molecule has 23 heavy (non-hydrogen) atoms. The zero-order chi connectivity index (χ0) is 16.4. The number of amides is 1. The van der Waals surface area contributed by atoms with Crippen LogP contribution < -0.4 is 9.47 Å². The number of halogens is 2. The fourth-order valence-corrected chi connectivity index (χ4v) is 2.64. The van der Waals surface area contributed by atoms with Crippen molar-refractivity contribution >= 4 is 29.1 Å². The number of hydrogen-bond acceptors (Lipinski definition) is 4. The van der Waals surface area contributed by atoms with E-state index in [9.17, 15) is 4.79 Å². The summed E-state index contributed by atoms with van der Waals surface area (Å²) >= 11 is 11.9. The average molecular weight is 353 g/mol. The predicted octanol–water partition coefficient (Wildman–Crippen LogP) is 3.78. The lowest BCUT2D eigenvalue weighted by molar-refractivity contribution is 0.0746. The SMILES string of the molecule is CCN(Cc1ccc2c(c1)OCO2)C(=O)c1nc(Cl)ccc1Cl. The minimum Gasteiger partial charge on any atom is -0.454 e. The first kappa shape index (κ1) is 15.9. The molecule has 0 aliphatic carbocycles. The molecule has 0 bridgehead atoms. The van der Waals surface area contributed by atoms with Crippen LogP contribution in [0.15, 0.2) is 30.3 Å². The molecular formula is C16H14Cl2N2O3. The fourth-order valence-electron chi connectivity index (χ4n) is 2.30. The van der Waals surface area contributed by atoms with Crippen molar-refractivity contribution < 1.29 is 14.3 Å². The number of pyridine rings is 1. The zero-order valence-corrected chi connectivity index (χ0v) is 13.9. The summed E-state index contributed by atoms with van der Waals surface area (Å²) in [5.41, 5.74) is 1.09. The number of hydrogen-bond donors (Lipinski definition) is 0. The summed E-state index contributed by atoms with van der Waals surface area (Å²) in [7, 11) is 0. The molecule has 0 spiro atoms. The van der Waals surface area contributed by atoms with Gasteiger partial charge in [0, 0.05) is 13.1 Å². The lowest BCUT2D eigenvalue weighted by atomic mass is 10.2. The Bertz CT molecular complexity index is 752. The summed E-state index contributed by atoms with van der Waals surface area (Å²) in [4.78, 5) is 18.3. The molecule has 2 heterocycles. The van der Waals surface area contributed by atoms with E-state index in [0.717, 1.165) is 5.56 Å². The number of benzene rings is 1. The van der Waals surface area contributed by atoms with Gasteiger partial charge in [0.2, 0.25) is 6.79 Å². The van der Waals surface area contributed by atoms with E-state index in [4.69, 9.17) is 32.7 Å². The zero-order valence-electron chi connectivity index (χ0n) is 12.4. The molecule has 1 aliphatic heterocycles. The molecule has 120 valence electrons. The molecule has 0 radical (unpaired) electrons.